The monoisotopic (exact) mass is 364 g/mol. The first-order valence-corrected chi connectivity index (χ1v) is 8.14. The Balaban J connectivity index is 2.13. The van der Waals surface area contributed by atoms with Gasteiger partial charge in [-0.25, -0.2) is 9.97 Å². The predicted molar refractivity (Wildman–Crippen MR) is 97.7 cm³/mol. The van der Waals surface area contributed by atoms with Crippen molar-refractivity contribution in [3.8, 4) is 5.75 Å². The lowest BCUT2D eigenvalue weighted by Gasteiger charge is -2.11. The summed E-state index contributed by atoms with van der Waals surface area (Å²) in [5.41, 5.74) is 0.731. The van der Waals surface area contributed by atoms with Crippen LogP contribution in [0.1, 0.15) is 22.7 Å². The van der Waals surface area contributed by atoms with E-state index in [2.05, 4.69) is 20.6 Å². The van der Waals surface area contributed by atoms with Crippen molar-refractivity contribution in [2.75, 3.05) is 38.0 Å². The van der Waals surface area contributed by atoms with Crippen LogP contribution in [0.25, 0.3) is 0 Å². The number of halogens is 1. The number of rotatable bonds is 8. The predicted octanol–water partition coefficient (Wildman–Crippen LogP) is 3.15. The summed E-state index contributed by atoms with van der Waals surface area (Å²) in [6.45, 7) is 3.07. The number of methoxy groups -OCH3 is 2. The van der Waals surface area contributed by atoms with Gasteiger partial charge in [0, 0.05) is 31.4 Å². The van der Waals surface area contributed by atoms with Gasteiger partial charge in [0.15, 0.2) is 0 Å². The van der Waals surface area contributed by atoms with Gasteiger partial charge in [-0.1, -0.05) is 11.6 Å². The molecule has 2 N–H and O–H groups in total. The lowest BCUT2D eigenvalue weighted by Crippen LogP contribution is -2.16. The molecule has 8 heteroatoms. The van der Waals surface area contributed by atoms with Crippen LogP contribution in [-0.2, 0) is 4.74 Å². The summed E-state index contributed by atoms with van der Waals surface area (Å²) in [6.07, 6.45) is 0.834. The third-order valence-electron chi connectivity index (χ3n) is 3.31. The number of nitrogens with one attached hydrogen (secondary N) is 2. The van der Waals surface area contributed by atoms with Crippen molar-refractivity contribution >= 4 is 29.0 Å². The molecule has 1 aromatic heterocycles. The Kier molecular flexibility index (Phi) is 6.97. The van der Waals surface area contributed by atoms with Gasteiger partial charge < -0.3 is 20.1 Å². The lowest BCUT2D eigenvalue weighted by atomic mass is 10.2. The molecule has 7 nitrogen and oxygen atoms in total. The molecule has 0 aliphatic rings. The summed E-state index contributed by atoms with van der Waals surface area (Å²) in [6, 6.07) is 6.60. The van der Waals surface area contributed by atoms with E-state index in [1.165, 1.54) is 7.11 Å². The van der Waals surface area contributed by atoms with Crippen LogP contribution in [-0.4, -0.2) is 43.2 Å². The highest BCUT2D eigenvalue weighted by molar-refractivity contribution is 6.31. The largest absolute Gasteiger partial charge is 0.495 e. The maximum atomic E-state index is 12.5. The Morgan fingerprint density at radius 1 is 1.24 bits per heavy atom. The van der Waals surface area contributed by atoms with E-state index in [9.17, 15) is 4.79 Å². The molecule has 1 amide bonds. The lowest BCUT2D eigenvalue weighted by molar-refractivity contribution is 0.102. The van der Waals surface area contributed by atoms with Crippen LogP contribution in [0.15, 0.2) is 24.3 Å². The molecule has 0 unspecified atom stereocenters. The fraction of sp³-hybridized carbons (Fsp3) is 0.353. The molecular formula is C17H21ClN4O3. The van der Waals surface area contributed by atoms with Crippen molar-refractivity contribution in [1.29, 1.82) is 0 Å². The normalized spacial score (nSPS) is 10.4. The minimum Gasteiger partial charge on any atom is -0.495 e. The van der Waals surface area contributed by atoms with E-state index in [0.29, 0.717) is 41.3 Å². The first-order chi connectivity index (χ1) is 12.0. The van der Waals surface area contributed by atoms with Crippen molar-refractivity contribution < 1.29 is 14.3 Å². The second kappa shape index (κ2) is 9.19. The van der Waals surface area contributed by atoms with Gasteiger partial charge in [-0.05, 0) is 31.5 Å². The molecule has 0 saturated carbocycles. The van der Waals surface area contributed by atoms with Crippen molar-refractivity contribution in [1.82, 2.24) is 9.97 Å². The minimum atomic E-state index is -0.369. The smallest absolute Gasteiger partial charge is 0.274 e. The number of nitrogens with zero attached hydrogens (tertiary/aromatic N) is 2. The fourth-order valence-electron chi connectivity index (χ4n) is 2.17. The molecule has 0 aliphatic carbocycles. The SMILES string of the molecule is COCCCNc1cc(C(=O)Nc2cc(Cl)ccc2OC)nc(C)n1. The Morgan fingerprint density at radius 2 is 2.04 bits per heavy atom. The number of carbonyl (C=O) groups excluding carboxylic acids is 1. The summed E-state index contributed by atoms with van der Waals surface area (Å²) in [5.74, 6) is 1.24. The number of ether oxygens (including phenoxy) is 2. The summed E-state index contributed by atoms with van der Waals surface area (Å²) < 4.78 is 10.2. The van der Waals surface area contributed by atoms with E-state index in [4.69, 9.17) is 21.1 Å². The van der Waals surface area contributed by atoms with Crippen LogP contribution in [0, 0.1) is 6.92 Å². The third-order valence-corrected chi connectivity index (χ3v) is 3.55. The zero-order valence-corrected chi connectivity index (χ0v) is 15.2. The molecule has 2 aromatic rings. The van der Waals surface area contributed by atoms with Crippen LogP contribution in [0.5, 0.6) is 5.75 Å². The number of aromatic nitrogens is 2. The molecule has 1 aromatic carbocycles. The number of anilines is 2. The first kappa shape index (κ1) is 19.0. The molecule has 134 valence electrons. The molecule has 0 fully saturated rings. The molecule has 0 atom stereocenters. The van der Waals surface area contributed by atoms with Gasteiger partial charge in [0.05, 0.1) is 12.8 Å². The Labute approximate surface area is 151 Å². The van der Waals surface area contributed by atoms with Gasteiger partial charge in [0.2, 0.25) is 0 Å². The average molecular weight is 365 g/mol. The van der Waals surface area contributed by atoms with Gasteiger partial charge in [-0.15, -0.1) is 0 Å². The highest BCUT2D eigenvalue weighted by Crippen LogP contribution is 2.28. The Bertz CT molecular complexity index is 740. The van der Waals surface area contributed by atoms with Crippen LogP contribution >= 0.6 is 11.6 Å². The topological polar surface area (TPSA) is 85.4 Å². The number of amides is 1. The van der Waals surface area contributed by atoms with Crippen molar-refractivity contribution in [2.24, 2.45) is 0 Å². The van der Waals surface area contributed by atoms with Crippen LogP contribution in [0.2, 0.25) is 5.02 Å². The molecule has 0 spiro atoms. The summed E-state index contributed by atoms with van der Waals surface area (Å²) in [5, 5.41) is 6.41. The quantitative estimate of drug-likeness (QED) is 0.700. The maximum Gasteiger partial charge on any atom is 0.274 e. The molecule has 0 aliphatic heterocycles. The summed E-state index contributed by atoms with van der Waals surface area (Å²) >= 11 is 5.98. The number of benzene rings is 1. The van der Waals surface area contributed by atoms with Gasteiger partial charge in [-0.2, -0.15) is 0 Å². The fourth-order valence-corrected chi connectivity index (χ4v) is 2.34. The van der Waals surface area contributed by atoms with Crippen LogP contribution in [0.4, 0.5) is 11.5 Å². The van der Waals surface area contributed by atoms with Gasteiger partial charge in [-0.3, -0.25) is 4.79 Å². The average Bonchev–Trinajstić information content (AvgIpc) is 2.58. The Hall–Kier alpha value is -2.38. The van der Waals surface area contributed by atoms with Gasteiger partial charge in [0.1, 0.15) is 23.1 Å². The van der Waals surface area contributed by atoms with E-state index in [0.717, 1.165) is 6.42 Å². The van der Waals surface area contributed by atoms with Crippen molar-refractivity contribution in [3.05, 3.63) is 40.8 Å². The van der Waals surface area contributed by atoms with Crippen LogP contribution in [0.3, 0.4) is 0 Å². The highest BCUT2D eigenvalue weighted by Gasteiger charge is 2.13. The van der Waals surface area contributed by atoms with Gasteiger partial charge >= 0.3 is 0 Å². The van der Waals surface area contributed by atoms with E-state index >= 15 is 0 Å². The summed E-state index contributed by atoms with van der Waals surface area (Å²) in [7, 11) is 3.18. The van der Waals surface area contributed by atoms with Gasteiger partial charge in [0.25, 0.3) is 5.91 Å². The molecule has 25 heavy (non-hydrogen) atoms. The number of hydrogen-bond donors (Lipinski definition) is 2. The molecule has 0 saturated heterocycles. The number of hydrogen-bond acceptors (Lipinski definition) is 6. The van der Waals surface area contributed by atoms with E-state index < -0.39 is 0 Å². The maximum absolute atomic E-state index is 12.5. The third kappa shape index (κ3) is 5.58. The standard InChI is InChI=1S/C17H21ClN4O3/c1-11-20-14(10-16(21-11)19-7-4-8-24-2)17(23)22-13-9-12(18)5-6-15(13)25-3/h5-6,9-10H,4,7-8H2,1-3H3,(H,22,23)(H,19,20,21). The van der Waals surface area contributed by atoms with Crippen molar-refractivity contribution in [3.63, 3.8) is 0 Å². The second-order valence-electron chi connectivity index (χ2n) is 5.26. The zero-order valence-electron chi connectivity index (χ0n) is 14.4. The van der Waals surface area contributed by atoms with E-state index in [1.54, 1.807) is 38.3 Å². The molecule has 2 rings (SSSR count). The second-order valence-corrected chi connectivity index (χ2v) is 5.69. The highest BCUT2D eigenvalue weighted by atomic mass is 35.5. The zero-order chi connectivity index (χ0) is 18.2. The van der Waals surface area contributed by atoms with Crippen LogP contribution < -0.4 is 15.4 Å². The molecule has 0 bridgehead atoms. The number of carbonyl (C=O) groups is 1. The minimum absolute atomic E-state index is 0.253. The van der Waals surface area contributed by atoms with E-state index in [1.807, 2.05) is 0 Å². The molecule has 1 heterocycles. The molecule has 0 radical (unpaired) electrons. The molecular weight excluding hydrogens is 344 g/mol. The Morgan fingerprint density at radius 3 is 2.76 bits per heavy atom. The summed E-state index contributed by atoms with van der Waals surface area (Å²) in [4.78, 5) is 21.0. The number of aryl methyl sites for hydroxylation is 1. The first-order valence-electron chi connectivity index (χ1n) is 7.77. The van der Waals surface area contributed by atoms with Crippen molar-refractivity contribution in [2.45, 2.75) is 13.3 Å². The van der Waals surface area contributed by atoms with E-state index in [-0.39, 0.29) is 11.6 Å².